The quantitative estimate of drug-likeness (QED) is 0.781. The summed E-state index contributed by atoms with van der Waals surface area (Å²) in [5.74, 6) is 0.384. The van der Waals surface area contributed by atoms with Crippen molar-refractivity contribution in [3.05, 3.63) is 22.2 Å². The SMILES string of the molecule is CCOC(=O)CC1CC=C(c2scnc2C)CC1. The summed E-state index contributed by atoms with van der Waals surface area (Å²) in [7, 11) is 0. The van der Waals surface area contributed by atoms with Crippen LogP contribution < -0.4 is 0 Å². The Kier molecular flexibility index (Phi) is 4.53. The minimum atomic E-state index is -0.0617. The van der Waals surface area contributed by atoms with E-state index in [-0.39, 0.29) is 5.97 Å². The van der Waals surface area contributed by atoms with Crippen molar-refractivity contribution in [1.82, 2.24) is 4.98 Å². The molecule has 0 fully saturated rings. The summed E-state index contributed by atoms with van der Waals surface area (Å²) in [5.41, 5.74) is 4.42. The van der Waals surface area contributed by atoms with E-state index in [1.54, 1.807) is 11.3 Å². The lowest BCUT2D eigenvalue weighted by Gasteiger charge is -2.20. The third kappa shape index (κ3) is 3.19. The molecule has 0 aromatic carbocycles. The average Bonchev–Trinajstić information content (AvgIpc) is 2.77. The van der Waals surface area contributed by atoms with Crippen LogP contribution in [0.25, 0.3) is 5.57 Å². The van der Waals surface area contributed by atoms with Crippen molar-refractivity contribution in [2.45, 2.75) is 39.5 Å². The molecule has 0 radical (unpaired) electrons. The van der Waals surface area contributed by atoms with Gasteiger partial charge in [0.05, 0.1) is 22.7 Å². The maximum Gasteiger partial charge on any atom is 0.306 e. The van der Waals surface area contributed by atoms with Crippen molar-refractivity contribution < 1.29 is 9.53 Å². The Balaban J connectivity index is 1.92. The molecule has 0 N–H and O–H groups in total. The standard InChI is InChI=1S/C14H19NO2S/c1-3-17-13(16)8-11-4-6-12(7-5-11)14-10(2)15-9-18-14/h6,9,11H,3-5,7-8H2,1-2H3. The predicted octanol–water partition coefficient (Wildman–Crippen LogP) is 3.59. The summed E-state index contributed by atoms with van der Waals surface area (Å²) in [5, 5.41) is 0. The highest BCUT2D eigenvalue weighted by molar-refractivity contribution is 7.10. The lowest BCUT2D eigenvalue weighted by atomic mass is 9.87. The minimum Gasteiger partial charge on any atom is -0.466 e. The van der Waals surface area contributed by atoms with Gasteiger partial charge in [-0.25, -0.2) is 4.98 Å². The van der Waals surface area contributed by atoms with Gasteiger partial charge in [0.1, 0.15) is 0 Å². The van der Waals surface area contributed by atoms with Gasteiger partial charge >= 0.3 is 5.97 Å². The molecule has 1 aliphatic rings. The Morgan fingerprint density at radius 2 is 2.44 bits per heavy atom. The van der Waals surface area contributed by atoms with E-state index in [0.29, 0.717) is 18.9 Å². The first-order valence-corrected chi connectivity index (χ1v) is 7.33. The molecule has 98 valence electrons. The van der Waals surface area contributed by atoms with Crippen molar-refractivity contribution in [3.63, 3.8) is 0 Å². The van der Waals surface area contributed by atoms with Crippen LogP contribution in [0, 0.1) is 12.8 Å². The zero-order valence-corrected chi connectivity index (χ0v) is 11.8. The number of aromatic nitrogens is 1. The van der Waals surface area contributed by atoms with E-state index in [9.17, 15) is 4.79 Å². The molecule has 4 heteroatoms. The third-order valence-electron chi connectivity index (χ3n) is 3.32. The van der Waals surface area contributed by atoms with Crippen molar-refractivity contribution in [3.8, 4) is 0 Å². The number of aryl methyl sites for hydroxylation is 1. The van der Waals surface area contributed by atoms with Gasteiger partial charge in [-0.2, -0.15) is 0 Å². The average molecular weight is 265 g/mol. The molecule has 1 aliphatic carbocycles. The molecule has 1 heterocycles. The molecular formula is C14H19NO2S. The molecule has 0 saturated carbocycles. The number of thiazole rings is 1. The maximum absolute atomic E-state index is 11.4. The first-order chi connectivity index (χ1) is 8.70. The summed E-state index contributed by atoms with van der Waals surface area (Å²) in [4.78, 5) is 17.0. The summed E-state index contributed by atoms with van der Waals surface area (Å²) >= 11 is 1.71. The second-order valence-electron chi connectivity index (χ2n) is 4.65. The first kappa shape index (κ1) is 13.3. The fourth-order valence-corrected chi connectivity index (χ4v) is 3.22. The zero-order chi connectivity index (χ0) is 13.0. The van der Waals surface area contributed by atoms with Gasteiger partial charge in [-0.1, -0.05) is 6.08 Å². The van der Waals surface area contributed by atoms with Crippen molar-refractivity contribution >= 4 is 22.9 Å². The van der Waals surface area contributed by atoms with Gasteiger partial charge in [0.2, 0.25) is 0 Å². The van der Waals surface area contributed by atoms with Gasteiger partial charge in [-0.3, -0.25) is 4.79 Å². The number of ether oxygens (including phenoxy) is 1. The molecule has 0 saturated heterocycles. The van der Waals surface area contributed by atoms with Crippen molar-refractivity contribution in [2.75, 3.05) is 6.61 Å². The van der Waals surface area contributed by atoms with Crippen molar-refractivity contribution in [1.29, 1.82) is 0 Å². The fourth-order valence-electron chi connectivity index (χ4n) is 2.35. The molecule has 2 rings (SSSR count). The van der Waals surface area contributed by atoms with Crippen LogP contribution in [0.4, 0.5) is 0 Å². The molecule has 3 nitrogen and oxygen atoms in total. The van der Waals surface area contributed by atoms with Gasteiger partial charge < -0.3 is 4.74 Å². The molecule has 0 spiro atoms. The number of rotatable bonds is 4. The second-order valence-corrected chi connectivity index (χ2v) is 5.50. The molecule has 0 aliphatic heterocycles. The van der Waals surface area contributed by atoms with Gasteiger partial charge in [-0.15, -0.1) is 11.3 Å². The Bertz CT molecular complexity index is 450. The van der Waals surface area contributed by atoms with E-state index in [2.05, 4.69) is 18.0 Å². The van der Waals surface area contributed by atoms with Crippen LogP contribution in [0.2, 0.25) is 0 Å². The van der Waals surface area contributed by atoms with Crippen LogP contribution in [0.5, 0.6) is 0 Å². The fraction of sp³-hybridized carbons (Fsp3) is 0.571. The minimum absolute atomic E-state index is 0.0617. The monoisotopic (exact) mass is 265 g/mol. The number of carbonyl (C=O) groups excluding carboxylic acids is 1. The Morgan fingerprint density at radius 3 is 3.00 bits per heavy atom. The second kappa shape index (κ2) is 6.14. The normalized spacial score (nSPS) is 19.4. The number of esters is 1. The Hall–Kier alpha value is -1.16. The van der Waals surface area contributed by atoms with E-state index < -0.39 is 0 Å². The number of carbonyl (C=O) groups is 1. The van der Waals surface area contributed by atoms with E-state index in [1.165, 1.54) is 10.5 Å². The smallest absolute Gasteiger partial charge is 0.306 e. The maximum atomic E-state index is 11.4. The van der Waals surface area contributed by atoms with Crippen LogP contribution in [-0.4, -0.2) is 17.6 Å². The molecular weight excluding hydrogens is 246 g/mol. The lowest BCUT2D eigenvalue weighted by molar-refractivity contribution is -0.144. The third-order valence-corrected chi connectivity index (χ3v) is 4.32. The topological polar surface area (TPSA) is 39.2 Å². The highest BCUT2D eigenvalue weighted by atomic mass is 32.1. The van der Waals surface area contributed by atoms with Crippen LogP contribution in [0.1, 0.15) is 43.2 Å². The number of allylic oxidation sites excluding steroid dienone is 2. The molecule has 1 aromatic rings. The molecule has 18 heavy (non-hydrogen) atoms. The van der Waals surface area contributed by atoms with E-state index in [1.807, 2.05) is 12.4 Å². The van der Waals surface area contributed by atoms with E-state index in [4.69, 9.17) is 4.74 Å². The number of nitrogens with zero attached hydrogens (tertiary/aromatic N) is 1. The van der Waals surface area contributed by atoms with Crippen LogP contribution >= 0.6 is 11.3 Å². The van der Waals surface area contributed by atoms with Gasteiger partial charge in [0.15, 0.2) is 0 Å². The number of hydrogen-bond donors (Lipinski definition) is 0. The number of hydrogen-bond acceptors (Lipinski definition) is 4. The molecule has 1 unspecified atom stereocenters. The molecule has 0 bridgehead atoms. The van der Waals surface area contributed by atoms with Crippen molar-refractivity contribution in [2.24, 2.45) is 5.92 Å². The summed E-state index contributed by atoms with van der Waals surface area (Å²) in [6.45, 7) is 4.38. The summed E-state index contributed by atoms with van der Waals surface area (Å²) in [6.07, 6.45) is 5.92. The summed E-state index contributed by atoms with van der Waals surface area (Å²) in [6, 6.07) is 0. The first-order valence-electron chi connectivity index (χ1n) is 6.45. The van der Waals surface area contributed by atoms with E-state index >= 15 is 0 Å². The zero-order valence-electron chi connectivity index (χ0n) is 10.9. The molecule has 0 amide bonds. The molecule has 1 aromatic heterocycles. The van der Waals surface area contributed by atoms with Gasteiger partial charge in [0, 0.05) is 6.42 Å². The van der Waals surface area contributed by atoms with Crippen LogP contribution in [0.15, 0.2) is 11.6 Å². The van der Waals surface area contributed by atoms with Gasteiger partial charge in [0.25, 0.3) is 0 Å². The highest BCUT2D eigenvalue weighted by Crippen LogP contribution is 2.34. The summed E-state index contributed by atoms with van der Waals surface area (Å²) < 4.78 is 5.00. The van der Waals surface area contributed by atoms with Crippen LogP contribution in [0.3, 0.4) is 0 Å². The predicted molar refractivity (Wildman–Crippen MR) is 73.4 cm³/mol. The lowest BCUT2D eigenvalue weighted by Crippen LogP contribution is -2.13. The van der Waals surface area contributed by atoms with E-state index in [0.717, 1.165) is 25.0 Å². The Labute approximate surface area is 112 Å². The highest BCUT2D eigenvalue weighted by Gasteiger charge is 2.20. The van der Waals surface area contributed by atoms with Gasteiger partial charge in [-0.05, 0) is 44.6 Å². The van der Waals surface area contributed by atoms with Crippen LogP contribution in [-0.2, 0) is 9.53 Å². The largest absolute Gasteiger partial charge is 0.466 e. The Morgan fingerprint density at radius 1 is 1.61 bits per heavy atom. The molecule has 1 atom stereocenters.